The highest BCUT2D eigenvalue weighted by atomic mass is 35.5. The normalized spacial score (nSPS) is 14.4. The highest BCUT2D eigenvalue weighted by Crippen LogP contribution is 2.23. The molecular formula is C27H32ClN5O4. The van der Waals surface area contributed by atoms with Crippen LogP contribution in [0.2, 0.25) is 5.02 Å². The Morgan fingerprint density at radius 2 is 1.86 bits per heavy atom. The summed E-state index contributed by atoms with van der Waals surface area (Å²) in [6, 6.07) is 10.6. The molecule has 9 nitrogen and oxygen atoms in total. The number of hydrogen-bond donors (Lipinski definition) is 0. The van der Waals surface area contributed by atoms with Crippen LogP contribution in [0.25, 0.3) is 5.69 Å². The molecule has 0 atom stereocenters. The Hall–Kier alpha value is -3.59. The molecule has 0 bridgehead atoms. The second-order valence-corrected chi connectivity index (χ2v) is 10.4. The van der Waals surface area contributed by atoms with Gasteiger partial charge in [0.2, 0.25) is 0 Å². The second-order valence-electron chi connectivity index (χ2n) is 10.0. The van der Waals surface area contributed by atoms with Gasteiger partial charge in [0.1, 0.15) is 23.8 Å². The number of rotatable bonds is 6. The third-order valence-electron chi connectivity index (χ3n) is 6.09. The average molecular weight is 526 g/mol. The van der Waals surface area contributed by atoms with Crippen molar-refractivity contribution in [3.05, 3.63) is 76.1 Å². The van der Waals surface area contributed by atoms with E-state index in [-0.39, 0.29) is 24.3 Å². The lowest BCUT2D eigenvalue weighted by molar-refractivity contribution is 0.0201. The van der Waals surface area contributed by atoms with Gasteiger partial charge in [-0.2, -0.15) is 0 Å². The maximum Gasteiger partial charge on any atom is 0.410 e. The van der Waals surface area contributed by atoms with Crippen molar-refractivity contribution in [1.82, 2.24) is 19.4 Å². The molecule has 0 aromatic carbocycles. The van der Waals surface area contributed by atoms with Crippen LogP contribution in [0.4, 0.5) is 10.6 Å². The van der Waals surface area contributed by atoms with Crippen molar-refractivity contribution in [2.45, 2.75) is 51.9 Å². The first-order valence-corrected chi connectivity index (χ1v) is 12.6. The minimum Gasteiger partial charge on any atom is -0.487 e. The molecule has 1 aliphatic rings. The fraction of sp³-hybridized carbons (Fsp3) is 0.407. The molecule has 4 heterocycles. The van der Waals surface area contributed by atoms with E-state index in [1.54, 1.807) is 48.7 Å². The molecule has 4 rings (SSSR count). The third-order valence-corrected chi connectivity index (χ3v) is 6.32. The molecule has 0 radical (unpaired) electrons. The number of aromatic nitrogens is 3. The molecule has 0 saturated carbocycles. The monoisotopic (exact) mass is 525 g/mol. The van der Waals surface area contributed by atoms with Crippen molar-refractivity contribution < 1.29 is 14.3 Å². The van der Waals surface area contributed by atoms with Crippen molar-refractivity contribution >= 4 is 23.5 Å². The molecule has 3 aromatic rings. The number of anilines is 1. The quantitative estimate of drug-likeness (QED) is 0.461. The summed E-state index contributed by atoms with van der Waals surface area (Å²) in [5.74, 6) is 1.30. The van der Waals surface area contributed by atoms with Crippen LogP contribution in [-0.4, -0.2) is 57.3 Å². The van der Waals surface area contributed by atoms with Gasteiger partial charge in [-0.15, -0.1) is 0 Å². The lowest BCUT2D eigenvalue weighted by Crippen LogP contribution is -2.47. The van der Waals surface area contributed by atoms with Gasteiger partial charge < -0.3 is 19.3 Å². The minimum atomic E-state index is -0.512. The van der Waals surface area contributed by atoms with E-state index < -0.39 is 5.60 Å². The zero-order valence-electron chi connectivity index (χ0n) is 21.6. The van der Waals surface area contributed by atoms with Gasteiger partial charge >= 0.3 is 6.09 Å². The lowest BCUT2D eigenvalue weighted by atomic mass is 10.0. The van der Waals surface area contributed by atoms with Crippen molar-refractivity contribution in [3.63, 3.8) is 0 Å². The zero-order chi connectivity index (χ0) is 26.6. The van der Waals surface area contributed by atoms with E-state index in [4.69, 9.17) is 21.1 Å². The molecule has 37 heavy (non-hydrogen) atoms. The van der Waals surface area contributed by atoms with E-state index in [0.29, 0.717) is 22.2 Å². The Labute approximate surface area is 221 Å². The third kappa shape index (κ3) is 7.01. The number of halogens is 1. The van der Waals surface area contributed by atoms with Gasteiger partial charge in [0, 0.05) is 44.6 Å². The Kier molecular flexibility index (Phi) is 8.02. The number of amides is 1. The van der Waals surface area contributed by atoms with Crippen LogP contribution in [0.3, 0.4) is 0 Å². The van der Waals surface area contributed by atoms with Crippen LogP contribution in [0.1, 0.15) is 39.3 Å². The van der Waals surface area contributed by atoms with Crippen LogP contribution in [0.15, 0.2) is 59.8 Å². The molecule has 1 amide bonds. The topological polar surface area (TPSA) is 89.8 Å². The summed E-state index contributed by atoms with van der Waals surface area (Å²) in [4.78, 5) is 37.7. The summed E-state index contributed by atoms with van der Waals surface area (Å²) < 4.78 is 12.7. The molecule has 1 saturated heterocycles. The molecule has 0 aliphatic carbocycles. The fourth-order valence-corrected chi connectivity index (χ4v) is 4.20. The molecule has 0 unspecified atom stereocenters. The molecule has 1 fully saturated rings. The number of carbonyl (C=O) groups excluding carboxylic acids is 1. The summed E-state index contributed by atoms with van der Waals surface area (Å²) >= 11 is 5.85. The van der Waals surface area contributed by atoms with Crippen molar-refractivity contribution in [3.8, 4) is 11.4 Å². The van der Waals surface area contributed by atoms with Crippen LogP contribution >= 0.6 is 11.6 Å². The SMILES string of the molecule is CN(C(=O)OC(C)(C)C)C1CCN(c2ccc(-n3ccc(OCc4ccc(Cl)cn4)cc3=O)cn2)CC1. The predicted molar refractivity (Wildman–Crippen MR) is 143 cm³/mol. The van der Waals surface area contributed by atoms with Crippen molar-refractivity contribution in [2.75, 3.05) is 25.0 Å². The smallest absolute Gasteiger partial charge is 0.410 e. The van der Waals surface area contributed by atoms with Gasteiger partial charge in [0.25, 0.3) is 5.56 Å². The van der Waals surface area contributed by atoms with E-state index in [9.17, 15) is 9.59 Å². The first kappa shape index (κ1) is 26.5. The van der Waals surface area contributed by atoms with Gasteiger partial charge in [0.15, 0.2) is 0 Å². The summed E-state index contributed by atoms with van der Waals surface area (Å²) in [6.07, 6.45) is 6.27. The van der Waals surface area contributed by atoms with Gasteiger partial charge in [0.05, 0.1) is 22.6 Å². The average Bonchev–Trinajstić information content (AvgIpc) is 2.87. The van der Waals surface area contributed by atoms with E-state index >= 15 is 0 Å². The molecule has 3 aromatic heterocycles. The molecular weight excluding hydrogens is 494 g/mol. The Morgan fingerprint density at radius 1 is 1.11 bits per heavy atom. The lowest BCUT2D eigenvalue weighted by Gasteiger charge is -2.37. The molecule has 0 N–H and O–H groups in total. The second kappa shape index (κ2) is 11.2. The minimum absolute atomic E-state index is 0.125. The van der Waals surface area contributed by atoms with Crippen molar-refractivity contribution in [2.24, 2.45) is 0 Å². The highest BCUT2D eigenvalue weighted by molar-refractivity contribution is 6.30. The largest absolute Gasteiger partial charge is 0.487 e. The number of ether oxygens (including phenoxy) is 2. The molecule has 1 aliphatic heterocycles. The maximum atomic E-state index is 12.7. The summed E-state index contributed by atoms with van der Waals surface area (Å²) in [6.45, 7) is 7.40. The standard InChI is InChI=1S/C27H32ClN5O4/c1-27(2,3)37-26(35)31(4)21-9-12-32(13-10-21)24-8-7-22(17-30-24)33-14-11-23(15-25(33)34)36-18-20-6-5-19(28)16-29-20/h5-8,11,14-17,21H,9-10,12-13,18H2,1-4H3. The van der Waals surface area contributed by atoms with E-state index in [2.05, 4.69) is 14.9 Å². The Balaban J connectivity index is 1.33. The Bertz CT molecular complexity index is 1260. The number of carbonyl (C=O) groups is 1. The van der Waals surface area contributed by atoms with Gasteiger partial charge in [-0.3, -0.25) is 14.3 Å². The number of hydrogen-bond acceptors (Lipinski definition) is 7. The zero-order valence-corrected chi connectivity index (χ0v) is 22.3. The molecule has 0 spiro atoms. The summed E-state index contributed by atoms with van der Waals surface area (Å²) in [5, 5.41) is 0.557. The summed E-state index contributed by atoms with van der Waals surface area (Å²) in [7, 11) is 1.80. The highest BCUT2D eigenvalue weighted by Gasteiger charge is 2.29. The number of nitrogens with zero attached hydrogens (tertiary/aromatic N) is 5. The van der Waals surface area contributed by atoms with Crippen molar-refractivity contribution in [1.29, 1.82) is 0 Å². The van der Waals surface area contributed by atoms with Gasteiger partial charge in [-0.05, 0) is 63.9 Å². The van der Waals surface area contributed by atoms with E-state index in [1.807, 2.05) is 32.9 Å². The number of piperidine rings is 1. The summed E-state index contributed by atoms with van der Waals surface area (Å²) in [5.41, 5.74) is 0.650. The van der Waals surface area contributed by atoms with Crippen LogP contribution < -0.4 is 15.2 Å². The van der Waals surface area contributed by atoms with E-state index in [0.717, 1.165) is 31.7 Å². The first-order chi connectivity index (χ1) is 17.6. The number of pyridine rings is 3. The Morgan fingerprint density at radius 3 is 2.46 bits per heavy atom. The fourth-order valence-electron chi connectivity index (χ4n) is 4.09. The van der Waals surface area contributed by atoms with E-state index in [1.165, 1.54) is 10.6 Å². The maximum absolute atomic E-state index is 12.7. The first-order valence-electron chi connectivity index (χ1n) is 12.2. The van der Waals surface area contributed by atoms with Gasteiger partial charge in [-0.1, -0.05) is 11.6 Å². The molecule has 196 valence electrons. The van der Waals surface area contributed by atoms with Crippen LogP contribution in [0.5, 0.6) is 5.75 Å². The predicted octanol–water partition coefficient (Wildman–Crippen LogP) is 4.70. The van der Waals surface area contributed by atoms with Crippen LogP contribution in [0, 0.1) is 0 Å². The van der Waals surface area contributed by atoms with Gasteiger partial charge in [-0.25, -0.2) is 9.78 Å². The van der Waals surface area contributed by atoms with Crippen LogP contribution in [-0.2, 0) is 11.3 Å². The molecule has 10 heteroatoms.